The van der Waals surface area contributed by atoms with Crippen LogP contribution in [-0.2, 0) is 0 Å². The van der Waals surface area contributed by atoms with Crippen LogP contribution in [0.2, 0.25) is 0 Å². The lowest BCUT2D eigenvalue weighted by Gasteiger charge is -2.28. The van der Waals surface area contributed by atoms with Crippen molar-refractivity contribution in [1.29, 1.82) is 0 Å². The zero-order valence-corrected chi connectivity index (χ0v) is 35.1. The second-order valence-electron chi connectivity index (χ2n) is 16.9. The highest BCUT2D eigenvalue weighted by Gasteiger charge is 2.28. The summed E-state index contributed by atoms with van der Waals surface area (Å²) in [7, 11) is 18.7. The number of fused-ring (bicyclic) bond motifs is 6. The van der Waals surface area contributed by atoms with Crippen LogP contribution in [0.4, 0.5) is 0 Å². The summed E-state index contributed by atoms with van der Waals surface area (Å²) in [4.78, 5) is 5.15. The van der Waals surface area contributed by atoms with Gasteiger partial charge < -0.3 is 0 Å². The number of aromatic nitrogens is 2. The molecule has 1 aliphatic carbocycles. The van der Waals surface area contributed by atoms with E-state index in [1.165, 1.54) is 121 Å². The lowest BCUT2D eigenvalue weighted by Crippen LogP contribution is -2.50. The first kappa shape index (κ1) is 35.9. The van der Waals surface area contributed by atoms with Gasteiger partial charge in [0.2, 0.25) is 0 Å². The van der Waals surface area contributed by atoms with Gasteiger partial charge in [0.1, 0.15) is 68.6 Å². The summed E-state index contributed by atoms with van der Waals surface area (Å²) in [6, 6.07) is 49.0. The maximum Gasteiger partial charge on any atom is 0.145 e. The first-order chi connectivity index (χ1) is 28.7. The molecular formula is C49H38B8N2. The molecule has 0 amide bonds. The van der Waals surface area contributed by atoms with Gasteiger partial charge in [0.05, 0.1) is 11.0 Å². The lowest BCUT2D eigenvalue weighted by atomic mass is 9.59. The number of rotatable bonds is 4. The summed E-state index contributed by atoms with van der Waals surface area (Å²) in [6.07, 6.45) is 0. The molecule has 10 aromatic rings. The Morgan fingerprint density at radius 2 is 0.831 bits per heavy atom. The van der Waals surface area contributed by atoms with E-state index in [4.69, 9.17) is 4.98 Å². The lowest BCUT2D eigenvalue weighted by molar-refractivity contribution is 1.10. The van der Waals surface area contributed by atoms with Crippen molar-refractivity contribution in [3.63, 3.8) is 0 Å². The van der Waals surface area contributed by atoms with Crippen molar-refractivity contribution in [2.75, 3.05) is 0 Å². The summed E-state index contributed by atoms with van der Waals surface area (Å²) >= 11 is 0. The van der Waals surface area contributed by atoms with E-state index in [9.17, 15) is 0 Å². The van der Waals surface area contributed by atoms with Gasteiger partial charge in [0.15, 0.2) is 0 Å². The standard InChI is InChI=1S/C49H38B8N2/c50-41-37-34(23-17-19-25(20-18-23)59-33-16-7-6-15-32(33)58-49(59)24-9-2-1-3-10-24)38-40(44(53)48(57)46(55)42(38)51)36(39(37)43(52)47(56)45(41)54)31-22-21-30-27-12-5-4-11-26(27)28-13-8-14-29(31)35(28)30/h1-22H,50-57H2. The normalized spacial score (nSPS) is 11.9. The van der Waals surface area contributed by atoms with E-state index in [2.05, 4.69) is 201 Å². The monoisotopic (exact) mass is 742 g/mol. The maximum atomic E-state index is 5.15. The Bertz CT molecular complexity index is 3360. The van der Waals surface area contributed by atoms with Crippen molar-refractivity contribution in [3.05, 3.63) is 133 Å². The summed E-state index contributed by atoms with van der Waals surface area (Å²) < 4.78 is 2.31. The van der Waals surface area contributed by atoms with Crippen LogP contribution in [0.1, 0.15) is 0 Å². The van der Waals surface area contributed by atoms with Crippen LogP contribution >= 0.6 is 0 Å². The molecule has 9 aromatic carbocycles. The molecule has 0 N–H and O–H groups in total. The summed E-state index contributed by atoms with van der Waals surface area (Å²) in [6.45, 7) is 0. The molecule has 0 spiro atoms. The second kappa shape index (κ2) is 13.1. The number of para-hydroxylation sites is 2. The first-order valence-corrected chi connectivity index (χ1v) is 20.9. The summed E-state index contributed by atoms with van der Waals surface area (Å²) in [5, 5.41) is 8.14. The highest BCUT2D eigenvalue weighted by Crippen LogP contribution is 2.51. The van der Waals surface area contributed by atoms with Gasteiger partial charge in [-0.05, 0) is 101 Å². The van der Waals surface area contributed by atoms with Crippen LogP contribution < -0.4 is 43.7 Å². The molecule has 0 fully saturated rings. The van der Waals surface area contributed by atoms with Gasteiger partial charge in [0, 0.05) is 11.3 Å². The third kappa shape index (κ3) is 4.96. The van der Waals surface area contributed by atoms with E-state index >= 15 is 0 Å². The Labute approximate surface area is 352 Å². The second-order valence-corrected chi connectivity index (χ2v) is 16.9. The number of benzene rings is 9. The van der Waals surface area contributed by atoms with Crippen LogP contribution in [0, 0.1) is 0 Å². The topological polar surface area (TPSA) is 17.8 Å². The molecule has 1 aromatic heterocycles. The molecule has 2 nitrogen and oxygen atoms in total. The van der Waals surface area contributed by atoms with Crippen molar-refractivity contribution in [1.82, 2.24) is 9.55 Å². The van der Waals surface area contributed by atoms with Crippen molar-refractivity contribution in [2.45, 2.75) is 0 Å². The van der Waals surface area contributed by atoms with Gasteiger partial charge in [-0.15, -0.1) is 21.9 Å². The van der Waals surface area contributed by atoms with Crippen LogP contribution in [0.3, 0.4) is 0 Å². The maximum absolute atomic E-state index is 5.15. The molecule has 0 atom stereocenters. The molecule has 10 heteroatoms. The molecule has 0 saturated heterocycles. The zero-order valence-electron chi connectivity index (χ0n) is 35.1. The zero-order chi connectivity index (χ0) is 40.4. The molecule has 0 bridgehead atoms. The van der Waals surface area contributed by atoms with Crippen molar-refractivity contribution in [3.8, 4) is 61.6 Å². The first-order valence-electron chi connectivity index (χ1n) is 20.9. The SMILES string of the molecule is Bc1c(B)c(B)c2c(-c3ccc4c5c(cccc35)-c3ccccc3-4)c3c(B)c(B)c(B)c(B)c3c(-c3ccc(-n4c(-c5ccccc5)nc5ccccc54)cc3)c2c1B. The number of hydrogen-bond donors (Lipinski definition) is 0. The molecule has 59 heavy (non-hydrogen) atoms. The van der Waals surface area contributed by atoms with Crippen LogP contribution in [0.15, 0.2) is 133 Å². The average molecular weight is 741 g/mol. The smallest absolute Gasteiger partial charge is 0.145 e. The summed E-state index contributed by atoms with van der Waals surface area (Å²) in [5.74, 6) is 0.948. The molecule has 0 saturated carbocycles. The Balaban J connectivity index is 1.26. The molecule has 0 unspecified atom stereocenters. The Morgan fingerprint density at radius 1 is 0.339 bits per heavy atom. The number of imidazole rings is 1. The fraction of sp³-hybridized carbons (Fsp3) is 0. The Morgan fingerprint density at radius 3 is 1.44 bits per heavy atom. The Hall–Kier alpha value is -6.25. The minimum Gasteiger partial charge on any atom is -0.292 e. The van der Waals surface area contributed by atoms with Gasteiger partial charge in [-0.2, -0.15) is 0 Å². The van der Waals surface area contributed by atoms with Crippen LogP contribution in [-0.4, -0.2) is 72.3 Å². The third-order valence-electron chi connectivity index (χ3n) is 14.2. The largest absolute Gasteiger partial charge is 0.292 e. The van der Waals surface area contributed by atoms with E-state index in [1.54, 1.807) is 0 Å². The minimum absolute atomic E-state index is 0.948. The van der Waals surface area contributed by atoms with Gasteiger partial charge in [0.25, 0.3) is 0 Å². The fourth-order valence-corrected chi connectivity index (χ4v) is 10.6. The number of hydrogen-bond acceptors (Lipinski definition) is 1. The molecule has 1 aliphatic rings. The average Bonchev–Trinajstić information content (AvgIpc) is 3.83. The summed E-state index contributed by atoms with van der Waals surface area (Å²) in [5.41, 5.74) is 25.7. The molecular weight excluding hydrogens is 703 g/mol. The highest BCUT2D eigenvalue weighted by atomic mass is 15.1. The van der Waals surface area contributed by atoms with Crippen molar-refractivity contribution < 1.29 is 0 Å². The van der Waals surface area contributed by atoms with E-state index in [-0.39, 0.29) is 0 Å². The fourth-order valence-electron chi connectivity index (χ4n) is 10.6. The van der Waals surface area contributed by atoms with Crippen LogP contribution in [0.5, 0.6) is 0 Å². The van der Waals surface area contributed by atoms with E-state index in [0.717, 1.165) is 28.1 Å². The molecule has 268 valence electrons. The molecule has 1 heterocycles. The van der Waals surface area contributed by atoms with Gasteiger partial charge in [-0.3, -0.25) is 4.57 Å². The third-order valence-corrected chi connectivity index (χ3v) is 14.2. The van der Waals surface area contributed by atoms with E-state index < -0.39 is 0 Å². The van der Waals surface area contributed by atoms with Gasteiger partial charge in [-0.25, -0.2) is 4.98 Å². The molecule has 0 aliphatic heterocycles. The van der Waals surface area contributed by atoms with Gasteiger partial charge >= 0.3 is 0 Å². The predicted octanol–water partition coefficient (Wildman–Crippen LogP) is -0.799. The molecule has 0 radical (unpaired) electrons. The van der Waals surface area contributed by atoms with Crippen molar-refractivity contribution >= 4 is 150 Å². The minimum atomic E-state index is 0.948. The van der Waals surface area contributed by atoms with E-state index in [1.807, 2.05) is 0 Å². The Kier molecular flexibility index (Phi) is 7.98. The molecule has 11 rings (SSSR count). The van der Waals surface area contributed by atoms with Crippen LogP contribution in [0.25, 0.3) is 105 Å². The quantitative estimate of drug-likeness (QED) is 0.171. The van der Waals surface area contributed by atoms with E-state index in [0.29, 0.717) is 0 Å². The van der Waals surface area contributed by atoms with Gasteiger partial charge in [-0.1, -0.05) is 131 Å². The van der Waals surface area contributed by atoms with Crippen molar-refractivity contribution in [2.24, 2.45) is 0 Å². The predicted molar refractivity (Wildman–Crippen MR) is 280 cm³/mol. The highest BCUT2D eigenvalue weighted by molar-refractivity contribution is 6.71. The number of nitrogens with zero attached hydrogens (tertiary/aromatic N) is 2.